The molecule has 0 spiro atoms. The molecule has 1 heterocycles. The molecule has 0 radical (unpaired) electrons. The van der Waals surface area contributed by atoms with Gasteiger partial charge in [-0.15, -0.1) is 0 Å². The largest absolute Gasteiger partial charge is 0.303 e. The van der Waals surface area contributed by atoms with E-state index in [-0.39, 0.29) is 0 Å². The Labute approximate surface area is 110 Å². The predicted octanol–water partition coefficient (Wildman–Crippen LogP) is 1.73. The van der Waals surface area contributed by atoms with Gasteiger partial charge in [-0.25, -0.2) is 0 Å². The smallest absolute Gasteiger partial charge is 0.101 e. The van der Waals surface area contributed by atoms with E-state index >= 15 is 0 Å². The summed E-state index contributed by atoms with van der Waals surface area (Å²) in [7, 11) is 2.10. The fourth-order valence-corrected chi connectivity index (χ4v) is 1.88. The maximum absolute atomic E-state index is 8.83. The van der Waals surface area contributed by atoms with Gasteiger partial charge in [0.2, 0.25) is 0 Å². The summed E-state index contributed by atoms with van der Waals surface area (Å²) in [5, 5.41) is 8.83. The minimum atomic E-state index is 0.629. The summed E-state index contributed by atoms with van der Waals surface area (Å²) < 4.78 is 0. The molecule has 0 aliphatic carbocycles. The third-order valence-electron chi connectivity index (χ3n) is 3.07. The van der Waals surface area contributed by atoms with Gasteiger partial charge in [-0.05, 0) is 31.8 Å². The molecule has 98 valence electrons. The summed E-state index contributed by atoms with van der Waals surface area (Å²) >= 11 is 0. The Morgan fingerprint density at radius 2 is 1.94 bits per heavy atom. The Morgan fingerprint density at radius 3 is 2.56 bits per heavy atom. The molecule has 1 rings (SSSR count). The van der Waals surface area contributed by atoms with Crippen molar-refractivity contribution in [2.45, 2.75) is 20.4 Å². The number of likely N-dealkylation sites (N-methyl/N-ethyl adjacent to an activating group) is 2. The van der Waals surface area contributed by atoms with Crippen molar-refractivity contribution in [1.29, 1.82) is 5.26 Å². The van der Waals surface area contributed by atoms with E-state index in [1.54, 1.807) is 6.20 Å². The number of aromatic nitrogens is 1. The zero-order chi connectivity index (χ0) is 13.4. The molecule has 0 aliphatic rings. The van der Waals surface area contributed by atoms with Crippen LogP contribution in [-0.4, -0.2) is 48.0 Å². The number of rotatable bonds is 7. The Balaban J connectivity index is 2.44. The molecule has 0 amide bonds. The van der Waals surface area contributed by atoms with Gasteiger partial charge in [0.25, 0.3) is 0 Å². The standard InChI is InChI=1S/C14H22N4/c1-4-18(5-2)7-6-17(3)12-14-8-13(9-15)10-16-11-14/h8,10-11H,4-7,12H2,1-3H3. The first-order valence-electron chi connectivity index (χ1n) is 6.44. The van der Waals surface area contributed by atoms with Crippen LogP contribution >= 0.6 is 0 Å². The first-order chi connectivity index (χ1) is 8.69. The van der Waals surface area contributed by atoms with Crippen LogP contribution in [0.5, 0.6) is 0 Å². The lowest BCUT2D eigenvalue weighted by atomic mass is 10.2. The van der Waals surface area contributed by atoms with Gasteiger partial charge < -0.3 is 9.80 Å². The summed E-state index contributed by atoms with van der Waals surface area (Å²) in [6.07, 6.45) is 3.42. The summed E-state index contributed by atoms with van der Waals surface area (Å²) in [6.45, 7) is 9.50. The molecule has 0 bridgehead atoms. The summed E-state index contributed by atoms with van der Waals surface area (Å²) in [5.41, 5.74) is 1.72. The van der Waals surface area contributed by atoms with E-state index in [4.69, 9.17) is 5.26 Å². The second kappa shape index (κ2) is 7.80. The van der Waals surface area contributed by atoms with Crippen LogP contribution in [0.4, 0.5) is 0 Å². The lowest BCUT2D eigenvalue weighted by molar-refractivity contribution is 0.236. The van der Waals surface area contributed by atoms with Crippen molar-refractivity contribution in [1.82, 2.24) is 14.8 Å². The van der Waals surface area contributed by atoms with Crippen molar-refractivity contribution in [2.75, 3.05) is 33.2 Å². The van der Waals surface area contributed by atoms with Gasteiger partial charge in [0, 0.05) is 32.0 Å². The highest BCUT2D eigenvalue weighted by Gasteiger charge is 2.04. The van der Waals surface area contributed by atoms with Crippen molar-refractivity contribution in [3.63, 3.8) is 0 Å². The highest BCUT2D eigenvalue weighted by atomic mass is 15.2. The minimum absolute atomic E-state index is 0.629. The van der Waals surface area contributed by atoms with Crippen LogP contribution in [-0.2, 0) is 6.54 Å². The van der Waals surface area contributed by atoms with Crippen molar-refractivity contribution in [3.05, 3.63) is 29.6 Å². The fourth-order valence-electron chi connectivity index (χ4n) is 1.88. The van der Waals surface area contributed by atoms with Gasteiger partial charge in [-0.1, -0.05) is 13.8 Å². The van der Waals surface area contributed by atoms with Crippen LogP contribution in [0.1, 0.15) is 25.0 Å². The second-order valence-electron chi connectivity index (χ2n) is 4.46. The van der Waals surface area contributed by atoms with Crippen LogP contribution in [0.2, 0.25) is 0 Å². The molecule has 0 N–H and O–H groups in total. The molecule has 0 saturated carbocycles. The Morgan fingerprint density at radius 1 is 1.22 bits per heavy atom. The van der Waals surface area contributed by atoms with Crippen molar-refractivity contribution in [2.24, 2.45) is 0 Å². The molecule has 1 aromatic heterocycles. The Bertz CT molecular complexity index is 393. The Kier molecular flexibility index (Phi) is 6.34. The molecule has 0 saturated heterocycles. The van der Waals surface area contributed by atoms with Gasteiger partial charge in [-0.3, -0.25) is 4.98 Å². The van der Waals surface area contributed by atoms with E-state index in [2.05, 4.69) is 41.7 Å². The first kappa shape index (κ1) is 14.6. The zero-order valence-corrected chi connectivity index (χ0v) is 11.6. The summed E-state index contributed by atoms with van der Waals surface area (Å²) in [5.74, 6) is 0. The molecule has 0 atom stereocenters. The van der Waals surface area contributed by atoms with Crippen LogP contribution < -0.4 is 0 Å². The number of hydrogen-bond donors (Lipinski definition) is 0. The van der Waals surface area contributed by atoms with Gasteiger partial charge in [0.1, 0.15) is 6.07 Å². The molecule has 0 aromatic carbocycles. The maximum Gasteiger partial charge on any atom is 0.101 e. The molecule has 0 aliphatic heterocycles. The average Bonchev–Trinajstić information content (AvgIpc) is 2.40. The topological polar surface area (TPSA) is 43.2 Å². The number of hydrogen-bond acceptors (Lipinski definition) is 4. The first-order valence-corrected chi connectivity index (χ1v) is 6.44. The van der Waals surface area contributed by atoms with E-state index in [1.165, 1.54) is 0 Å². The lowest BCUT2D eigenvalue weighted by Gasteiger charge is -2.23. The molecular weight excluding hydrogens is 224 g/mol. The third kappa shape index (κ3) is 4.82. The molecule has 0 unspecified atom stereocenters. The predicted molar refractivity (Wildman–Crippen MR) is 73.1 cm³/mol. The molecule has 18 heavy (non-hydrogen) atoms. The third-order valence-corrected chi connectivity index (χ3v) is 3.07. The number of pyridine rings is 1. The van der Waals surface area contributed by atoms with Crippen molar-refractivity contribution < 1.29 is 0 Å². The van der Waals surface area contributed by atoms with Crippen LogP contribution in [0.3, 0.4) is 0 Å². The normalized spacial score (nSPS) is 10.9. The van der Waals surface area contributed by atoms with Crippen LogP contribution in [0.25, 0.3) is 0 Å². The van der Waals surface area contributed by atoms with Gasteiger partial charge in [-0.2, -0.15) is 5.26 Å². The van der Waals surface area contributed by atoms with Crippen molar-refractivity contribution >= 4 is 0 Å². The SMILES string of the molecule is CCN(CC)CCN(C)Cc1cncc(C#N)c1. The summed E-state index contributed by atoms with van der Waals surface area (Å²) in [4.78, 5) is 8.74. The van der Waals surface area contributed by atoms with Crippen molar-refractivity contribution in [3.8, 4) is 6.07 Å². The maximum atomic E-state index is 8.83. The highest BCUT2D eigenvalue weighted by molar-refractivity contribution is 5.28. The molecule has 4 heteroatoms. The number of nitrogens with zero attached hydrogens (tertiary/aromatic N) is 4. The fraction of sp³-hybridized carbons (Fsp3) is 0.571. The highest BCUT2D eigenvalue weighted by Crippen LogP contribution is 2.04. The van der Waals surface area contributed by atoms with E-state index in [9.17, 15) is 0 Å². The zero-order valence-electron chi connectivity index (χ0n) is 11.6. The van der Waals surface area contributed by atoms with E-state index in [0.717, 1.165) is 38.3 Å². The van der Waals surface area contributed by atoms with Gasteiger partial charge in [0.05, 0.1) is 5.56 Å². The number of nitriles is 1. The average molecular weight is 246 g/mol. The molecule has 0 fully saturated rings. The summed E-state index contributed by atoms with van der Waals surface area (Å²) in [6, 6.07) is 4.02. The van der Waals surface area contributed by atoms with Gasteiger partial charge in [0.15, 0.2) is 0 Å². The van der Waals surface area contributed by atoms with E-state index in [0.29, 0.717) is 5.56 Å². The molecular formula is C14H22N4. The molecule has 4 nitrogen and oxygen atoms in total. The lowest BCUT2D eigenvalue weighted by Crippen LogP contribution is -2.32. The van der Waals surface area contributed by atoms with Gasteiger partial charge >= 0.3 is 0 Å². The minimum Gasteiger partial charge on any atom is -0.303 e. The second-order valence-corrected chi connectivity index (χ2v) is 4.46. The monoisotopic (exact) mass is 246 g/mol. The quantitative estimate of drug-likeness (QED) is 0.735. The molecule has 1 aromatic rings. The van der Waals surface area contributed by atoms with E-state index < -0.39 is 0 Å². The van der Waals surface area contributed by atoms with Crippen LogP contribution in [0.15, 0.2) is 18.5 Å². The Hall–Kier alpha value is -1.44. The van der Waals surface area contributed by atoms with Crippen LogP contribution in [0, 0.1) is 11.3 Å². The van der Waals surface area contributed by atoms with E-state index in [1.807, 2.05) is 12.3 Å².